The van der Waals surface area contributed by atoms with Gasteiger partial charge in [0.15, 0.2) is 5.78 Å². The standard InChI is InChI=1S/C9H15NO3/c1-6(11)7-5-10(7)8(12)13-9(2,3)4/h7H,5H2,1-4H3/t7-,10?/m0/s1. The molecular formula is C9H15NO3. The molecule has 0 saturated carbocycles. The monoisotopic (exact) mass is 185 g/mol. The fourth-order valence-electron chi connectivity index (χ4n) is 1.01. The molecule has 1 aliphatic rings. The fourth-order valence-corrected chi connectivity index (χ4v) is 1.01. The molecule has 1 fully saturated rings. The Kier molecular flexibility index (Phi) is 2.32. The molecule has 1 saturated heterocycles. The molecule has 4 nitrogen and oxygen atoms in total. The van der Waals surface area contributed by atoms with Crippen molar-refractivity contribution in [1.29, 1.82) is 0 Å². The van der Waals surface area contributed by atoms with Crippen LogP contribution in [0.4, 0.5) is 4.79 Å². The maximum Gasteiger partial charge on any atom is 0.411 e. The highest BCUT2D eigenvalue weighted by molar-refractivity contribution is 5.90. The van der Waals surface area contributed by atoms with Crippen molar-refractivity contribution >= 4 is 11.9 Å². The van der Waals surface area contributed by atoms with Crippen LogP contribution in [0.15, 0.2) is 0 Å². The summed E-state index contributed by atoms with van der Waals surface area (Å²) in [7, 11) is 0. The summed E-state index contributed by atoms with van der Waals surface area (Å²) in [6.45, 7) is 7.39. The van der Waals surface area contributed by atoms with Crippen LogP contribution in [0.1, 0.15) is 27.7 Å². The molecule has 1 amide bonds. The van der Waals surface area contributed by atoms with Gasteiger partial charge in [0, 0.05) is 0 Å². The molecule has 0 aromatic carbocycles. The number of amides is 1. The maximum atomic E-state index is 11.3. The second kappa shape index (κ2) is 3.01. The summed E-state index contributed by atoms with van der Waals surface area (Å²) in [6, 6.07) is -0.241. The van der Waals surface area contributed by atoms with Gasteiger partial charge in [-0.05, 0) is 27.7 Å². The van der Waals surface area contributed by atoms with Crippen LogP contribution in [-0.2, 0) is 9.53 Å². The fraction of sp³-hybridized carbons (Fsp3) is 0.778. The van der Waals surface area contributed by atoms with E-state index in [2.05, 4.69) is 0 Å². The molecule has 0 aliphatic carbocycles. The Morgan fingerprint density at radius 3 is 2.23 bits per heavy atom. The Hall–Kier alpha value is -1.06. The van der Waals surface area contributed by atoms with Gasteiger partial charge in [-0.25, -0.2) is 4.79 Å². The minimum absolute atomic E-state index is 0.0193. The predicted molar refractivity (Wildman–Crippen MR) is 47.4 cm³/mol. The van der Waals surface area contributed by atoms with Gasteiger partial charge in [0.05, 0.1) is 6.54 Å². The summed E-state index contributed by atoms with van der Waals surface area (Å²) in [5.41, 5.74) is -0.485. The lowest BCUT2D eigenvalue weighted by atomic mass is 10.2. The smallest absolute Gasteiger partial charge is 0.411 e. The first kappa shape index (κ1) is 10.0. The number of carbonyl (C=O) groups is 2. The van der Waals surface area contributed by atoms with Crippen molar-refractivity contribution in [3.8, 4) is 0 Å². The molecule has 0 unspecified atom stereocenters. The molecule has 0 aromatic rings. The Bertz CT molecular complexity index is 242. The average molecular weight is 185 g/mol. The van der Waals surface area contributed by atoms with E-state index in [-0.39, 0.29) is 11.8 Å². The summed E-state index contributed by atoms with van der Waals surface area (Å²) in [6.07, 6.45) is -0.396. The highest BCUT2D eigenvalue weighted by Gasteiger charge is 2.44. The number of hydrogen-bond donors (Lipinski definition) is 0. The molecule has 0 radical (unpaired) electrons. The SMILES string of the molecule is CC(=O)[C@@H]1CN1C(=O)OC(C)(C)C. The van der Waals surface area contributed by atoms with E-state index in [1.165, 1.54) is 11.8 Å². The third-order valence-electron chi connectivity index (χ3n) is 1.71. The lowest BCUT2D eigenvalue weighted by Crippen LogP contribution is -2.28. The van der Waals surface area contributed by atoms with Gasteiger partial charge in [0.1, 0.15) is 11.6 Å². The first-order chi connectivity index (χ1) is 5.81. The van der Waals surface area contributed by atoms with Gasteiger partial charge in [0.2, 0.25) is 0 Å². The van der Waals surface area contributed by atoms with Crippen LogP contribution in [0, 0.1) is 0 Å². The Labute approximate surface area is 77.8 Å². The zero-order chi connectivity index (χ0) is 10.2. The minimum atomic E-state index is -0.485. The molecule has 1 aliphatic heterocycles. The van der Waals surface area contributed by atoms with E-state index in [9.17, 15) is 9.59 Å². The third-order valence-corrected chi connectivity index (χ3v) is 1.71. The topological polar surface area (TPSA) is 46.4 Å². The Balaban J connectivity index is 2.40. The van der Waals surface area contributed by atoms with Crippen LogP contribution >= 0.6 is 0 Å². The molecule has 0 N–H and O–H groups in total. The number of ether oxygens (including phenoxy) is 1. The van der Waals surface area contributed by atoms with Gasteiger partial charge in [-0.2, -0.15) is 0 Å². The first-order valence-corrected chi connectivity index (χ1v) is 4.31. The predicted octanol–water partition coefficient (Wildman–Crippen LogP) is 1.19. The zero-order valence-corrected chi connectivity index (χ0v) is 8.46. The second-order valence-corrected chi connectivity index (χ2v) is 4.26. The van der Waals surface area contributed by atoms with Crippen molar-refractivity contribution in [3.05, 3.63) is 0 Å². The van der Waals surface area contributed by atoms with E-state index >= 15 is 0 Å². The average Bonchev–Trinajstić information content (AvgIpc) is 2.58. The normalized spacial score (nSPS) is 21.2. The number of ketones is 1. The quantitative estimate of drug-likeness (QED) is 0.576. The highest BCUT2D eigenvalue weighted by Crippen LogP contribution is 2.21. The molecule has 13 heavy (non-hydrogen) atoms. The van der Waals surface area contributed by atoms with Crippen LogP contribution in [-0.4, -0.2) is 35.0 Å². The van der Waals surface area contributed by atoms with E-state index in [1.54, 1.807) is 20.8 Å². The molecule has 1 heterocycles. The second-order valence-electron chi connectivity index (χ2n) is 4.26. The van der Waals surface area contributed by atoms with E-state index in [1.807, 2.05) is 0 Å². The lowest BCUT2D eigenvalue weighted by molar-refractivity contribution is -0.117. The van der Waals surface area contributed by atoms with Crippen molar-refractivity contribution in [3.63, 3.8) is 0 Å². The van der Waals surface area contributed by atoms with E-state index in [0.717, 1.165) is 0 Å². The Morgan fingerprint density at radius 2 is 1.92 bits per heavy atom. The molecule has 0 spiro atoms. The van der Waals surface area contributed by atoms with Crippen LogP contribution in [0.2, 0.25) is 0 Å². The largest absolute Gasteiger partial charge is 0.444 e. The minimum Gasteiger partial charge on any atom is -0.444 e. The van der Waals surface area contributed by atoms with Crippen molar-refractivity contribution in [2.24, 2.45) is 0 Å². The molecule has 0 aromatic heterocycles. The number of hydrogen-bond acceptors (Lipinski definition) is 3. The molecule has 1 rings (SSSR count). The van der Waals surface area contributed by atoms with Gasteiger partial charge >= 0.3 is 6.09 Å². The highest BCUT2D eigenvalue weighted by atomic mass is 16.6. The Morgan fingerprint density at radius 1 is 1.38 bits per heavy atom. The maximum absolute atomic E-state index is 11.3. The lowest BCUT2D eigenvalue weighted by Gasteiger charge is -2.19. The van der Waals surface area contributed by atoms with Crippen molar-refractivity contribution in [1.82, 2.24) is 4.90 Å². The molecule has 1 atom stereocenters. The number of rotatable bonds is 1. The van der Waals surface area contributed by atoms with Gasteiger partial charge in [0.25, 0.3) is 0 Å². The summed E-state index contributed by atoms with van der Waals surface area (Å²) >= 11 is 0. The van der Waals surface area contributed by atoms with Crippen LogP contribution in [0.25, 0.3) is 0 Å². The van der Waals surface area contributed by atoms with Gasteiger partial charge in [-0.1, -0.05) is 0 Å². The number of carbonyl (C=O) groups excluding carboxylic acids is 2. The zero-order valence-electron chi connectivity index (χ0n) is 8.46. The van der Waals surface area contributed by atoms with Gasteiger partial charge in [-0.15, -0.1) is 0 Å². The van der Waals surface area contributed by atoms with Crippen molar-refractivity contribution in [2.75, 3.05) is 6.54 Å². The van der Waals surface area contributed by atoms with E-state index in [0.29, 0.717) is 6.54 Å². The van der Waals surface area contributed by atoms with E-state index in [4.69, 9.17) is 4.74 Å². The summed E-state index contributed by atoms with van der Waals surface area (Å²) in [5.74, 6) is 0.0193. The summed E-state index contributed by atoms with van der Waals surface area (Å²) in [4.78, 5) is 23.5. The summed E-state index contributed by atoms with van der Waals surface area (Å²) < 4.78 is 5.08. The van der Waals surface area contributed by atoms with Crippen LogP contribution in [0.5, 0.6) is 0 Å². The molecular weight excluding hydrogens is 170 g/mol. The molecule has 74 valence electrons. The van der Waals surface area contributed by atoms with Crippen LogP contribution in [0.3, 0.4) is 0 Å². The van der Waals surface area contributed by atoms with Crippen molar-refractivity contribution < 1.29 is 14.3 Å². The van der Waals surface area contributed by atoms with E-state index < -0.39 is 11.7 Å². The first-order valence-electron chi connectivity index (χ1n) is 4.31. The van der Waals surface area contributed by atoms with Crippen LogP contribution < -0.4 is 0 Å². The molecule has 4 heteroatoms. The van der Waals surface area contributed by atoms with Crippen molar-refractivity contribution in [2.45, 2.75) is 39.3 Å². The number of nitrogens with zero attached hydrogens (tertiary/aromatic N) is 1. The summed E-state index contributed by atoms with van der Waals surface area (Å²) in [5, 5.41) is 0. The number of Topliss-reactive ketones (excluding diaryl/α,β-unsaturated/α-hetero) is 1. The van der Waals surface area contributed by atoms with Gasteiger partial charge < -0.3 is 4.74 Å². The third kappa shape index (κ3) is 2.72. The molecule has 0 bridgehead atoms. The van der Waals surface area contributed by atoms with Gasteiger partial charge in [-0.3, -0.25) is 9.69 Å².